The van der Waals surface area contributed by atoms with E-state index in [2.05, 4.69) is 29.8 Å². The highest BCUT2D eigenvalue weighted by molar-refractivity contribution is 6.29. The van der Waals surface area contributed by atoms with Crippen molar-refractivity contribution in [3.63, 3.8) is 0 Å². The first-order valence-corrected chi connectivity index (χ1v) is 6.32. The zero-order valence-corrected chi connectivity index (χ0v) is 10.9. The fourth-order valence-corrected chi connectivity index (χ4v) is 2.11. The lowest BCUT2D eigenvalue weighted by Gasteiger charge is -2.25. The molecular weight excluding hydrogens is 234 g/mol. The highest BCUT2D eigenvalue weighted by Gasteiger charge is 2.30. The Hall–Kier alpha value is -1.27. The van der Waals surface area contributed by atoms with Crippen LogP contribution >= 0.6 is 11.6 Å². The molecule has 90 valence electrons. The fraction of sp³-hybridized carbons (Fsp3) is 0.538. The molecule has 17 heavy (non-hydrogen) atoms. The lowest BCUT2D eigenvalue weighted by Crippen LogP contribution is -2.30. The van der Waals surface area contributed by atoms with Crippen molar-refractivity contribution in [2.75, 3.05) is 11.4 Å². The van der Waals surface area contributed by atoms with Gasteiger partial charge in [0.15, 0.2) is 0 Å². The molecule has 0 radical (unpaired) electrons. The molecular formula is C13H16ClN3. The van der Waals surface area contributed by atoms with Crippen LogP contribution in [0.25, 0.3) is 0 Å². The van der Waals surface area contributed by atoms with Crippen molar-refractivity contribution >= 4 is 17.4 Å². The van der Waals surface area contributed by atoms with Gasteiger partial charge in [0, 0.05) is 12.6 Å². The van der Waals surface area contributed by atoms with E-state index in [0.717, 1.165) is 12.4 Å². The van der Waals surface area contributed by atoms with Gasteiger partial charge in [0.1, 0.15) is 11.0 Å². The fourth-order valence-electron chi connectivity index (χ4n) is 1.90. The van der Waals surface area contributed by atoms with E-state index in [1.807, 2.05) is 6.07 Å². The summed E-state index contributed by atoms with van der Waals surface area (Å²) in [4.78, 5) is 6.61. The van der Waals surface area contributed by atoms with E-state index >= 15 is 0 Å². The average molecular weight is 250 g/mol. The predicted octanol–water partition coefficient (Wildman–Crippen LogP) is 3.23. The number of hydrogen-bond donors (Lipinski definition) is 0. The minimum Gasteiger partial charge on any atom is -0.353 e. The zero-order valence-electron chi connectivity index (χ0n) is 10.2. The van der Waals surface area contributed by atoms with Gasteiger partial charge in [-0.25, -0.2) is 4.98 Å². The Balaban J connectivity index is 2.29. The lowest BCUT2D eigenvalue weighted by atomic mass is 10.2. The summed E-state index contributed by atoms with van der Waals surface area (Å²) >= 11 is 5.95. The van der Waals surface area contributed by atoms with Gasteiger partial charge in [-0.05, 0) is 30.9 Å². The molecule has 4 heteroatoms. The maximum atomic E-state index is 8.95. The van der Waals surface area contributed by atoms with Crippen molar-refractivity contribution < 1.29 is 0 Å². The Bertz CT molecular complexity index is 446. The van der Waals surface area contributed by atoms with Crippen LogP contribution in [0.1, 0.15) is 32.3 Å². The number of halogens is 1. The summed E-state index contributed by atoms with van der Waals surface area (Å²) < 4.78 is 0. The number of anilines is 1. The number of hydrogen-bond acceptors (Lipinski definition) is 3. The monoisotopic (exact) mass is 249 g/mol. The largest absolute Gasteiger partial charge is 0.353 e. The molecule has 0 atom stereocenters. The van der Waals surface area contributed by atoms with E-state index < -0.39 is 0 Å². The summed E-state index contributed by atoms with van der Waals surface area (Å²) in [5.74, 6) is 1.41. The molecule has 1 aromatic rings. The Morgan fingerprint density at radius 1 is 1.53 bits per heavy atom. The standard InChI is InChI=1S/C13H16ClN3/c1-9(2)8-17(11-3-4-11)13-6-10(7-15)5-12(14)16-13/h5-6,9,11H,3-4,8H2,1-2H3. The van der Waals surface area contributed by atoms with Gasteiger partial charge in [-0.2, -0.15) is 5.26 Å². The number of pyridine rings is 1. The quantitative estimate of drug-likeness (QED) is 0.769. The highest BCUT2D eigenvalue weighted by Crippen LogP contribution is 2.32. The Kier molecular flexibility index (Phi) is 3.54. The summed E-state index contributed by atoms with van der Waals surface area (Å²) in [6.45, 7) is 5.33. The number of nitrogens with zero attached hydrogens (tertiary/aromatic N) is 3. The number of aromatic nitrogens is 1. The first-order valence-electron chi connectivity index (χ1n) is 5.94. The molecule has 0 amide bonds. The van der Waals surface area contributed by atoms with Crippen molar-refractivity contribution in [2.45, 2.75) is 32.7 Å². The van der Waals surface area contributed by atoms with Gasteiger partial charge in [-0.1, -0.05) is 25.4 Å². The highest BCUT2D eigenvalue weighted by atomic mass is 35.5. The summed E-state index contributed by atoms with van der Waals surface area (Å²) in [7, 11) is 0. The molecule has 1 heterocycles. The van der Waals surface area contributed by atoms with E-state index in [-0.39, 0.29) is 0 Å². The van der Waals surface area contributed by atoms with Crippen LogP contribution in [-0.2, 0) is 0 Å². The minimum absolute atomic E-state index is 0.397. The van der Waals surface area contributed by atoms with Crippen LogP contribution in [0.15, 0.2) is 12.1 Å². The molecule has 1 aromatic heterocycles. The molecule has 2 rings (SSSR count). The van der Waals surface area contributed by atoms with Crippen molar-refractivity contribution in [2.24, 2.45) is 5.92 Å². The van der Waals surface area contributed by atoms with Crippen LogP contribution in [-0.4, -0.2) is 17.6 Å². The smallest absolute Gasteiger partial charge is 0.132 e. The van der Waals surface area contributed by atoms with E-state index in [0.29, 0.717) is 22.7 Å². The molecule has 0 unspecified atom stereocenters. The van der Waals surface area contributed by atoms with Crippen molar-refractivity contribution in [1.29, 1.82) is 5.26 Å². The first kappa shape index (κ1) is 12.2. The Morgan fingerprint density at radius 3 is 2.76 bits per heavy atom. The van der Waals surface area contributed by atoms with Crippen LogP contribution in [0.2, 0.25) is 5.15 Å². The number of rotatable bonds is 4. The van der Waals surface area contributed by atoms with E-state index in [1.54, 1.807) is 6.07 Å². The Labute approximate surface area is 107 Å². The topological polar surface area (TPSA) is 39.9 Å². The molecule has 1 fully saturated rings. The molecule has 0 aliphatic heterocycles. The number of nitriles is 1. The van der Waals surface area contributed by atoms with Gasteiger partial charge >= 0.3 is 0 Å². The molecule has 1 aliphatic rings. The van der Waals surface area contributed by atoms with Crippen LogP contribution in [0.3, 0.4) is 0 Å². The van der Waals surface area contributed by atoms with Crippen LogP contribution < -0.4 is 4.90 Å². The molecule has 1 aliphatic carbocycles. The molecule has 0 spiro atoms. The van der Waals surface area contributed by atoms with Gasteiger partial charge in [0.25, 0.3) is 0 Å². The third-order valence-electron chi connectivity index (χ3n) is 2.75. The van der Waals surface area contributed by atoms with E-state index in [4.69, 9.17) is 16.9 Å². The Morgan fingerprint density at radius 2 is 2.24 bits per heavy atom. The average Bonchev–Trinajstić information content (AvgIpc) is 3.08. The van der Waals surface area contributed by atoms with Crippen molar-refractivity contribution in [3.05, 3.63) is 22.8 Å². The van der Waals surface area contributed by atoms with Gasteiger partial charge < -0.3 is 4.90 Å². The summed E-state index contributed by atoms with van der Waals surface area (Å²) in [6.07, 6.45) is 2.42. The maximum Gasteiger partial charge on any atom is 0.132 e. The summed E-state index contributed by atoms with van der Waals surface area (Å²) in [5.41, 5.74) is 0.578. The van der Waals surface area contributed by atoms with Crippen molar-refractivity contribution in [3.8, 4) is 6.07 Å². The molecule has 1 saturated carbocycles. The second kappa shape index (κ2) is 4.93. The molecule has 0 N–H and O–H groups in total. The predicted molar refractivity (Wildman–Crippen MR) is 69.2 cm³/mol. The summed E-state index contributed by atoms with van der Waals surface area (Å²) in [5, 5.41) is 9.35. The van der Waals surface area contributed by atoms with Crippen LogP contribution in [0.4, 0.5) is 5.82 Å². The van der Waals surface area contributed by atoms with E-state index in [1.165, 1.54) is 12.8 Å². The minimum atomic E-state index is 0.397. The van der Waals surface area contributed by atoms with Crippen LogP contribution in [0.5, 0.6) is 0 Å². The zero-order chi connectivity index (χ0) is 12.4. The van der Waals surface area contributed by atoms with Crippen LogP contribution in [0, 0.1) is 17.2 Å². The SMILES string of the molecule is CC(C)CN(c1cc(C#N)cc(Cl)n1)C1CC1. The lowest BCUT2D eigenvalue weighted by molar-refractivity contribution is 0.603. The van der Waals surface area contributed by atoms with Gasteiger partial charge in [-0.15, -0.1) is 0 Å². The molecule has 0 bridgehead atoms. The van der Waals surface area contributed by atoms with Gasteiger partial charge in [0.05, 0.1) is 11.6 Å². The molecule has 0 aromatic carbocycles. The normalized spacial score (nSPS) is 14.8. The maximum absolute atomic E-state index is 8.95. The molecule has 0 saturated heterocycles. The second-order valence-electron chi connectivity index (χ2n) is 4.93. The third kappa shape index (κ3) is 3.10. The first-order chi connectivity index (χ1) is 8.10. The summed E-state index contributed by atoms with van der Waals surface area (Å²) in [6, 6.07) is 6.13. The third-order valence-corrected chi connectivity index (χ3v) is 2.95. The van der Waals surface area contributed by atoms with Gasteiger partial charge in [0.2, 0.25) is 0 Å². The van der Waals surface area contributed by atoms with Gasteiger partial charge in [-0.3, -0.25) is 0 Å². The van der Waals surface area contributed by atoms with Crippen molar-refractivity contribution in [1.82, 2.24) is 4.98 Å². The van der Waals surface area contributed by atoms with E-state index in [9.17, 15) is 0 Å². The molecule has 3 nitrogen and oxygen atoms in total. The second-order valence-corrected chi connectivity index (χ2v) is 5.31.